The van der Waals surface area contributed by atoms with Gasteiger partial charge in [-0.3, -0.25) is 43.3 Å². The first-order valence-electron chi connectivity index (χ1n) is 23.0. The number of unbranched alkanes of at least 4 members (excludes halogenated alkanes) is 2. The molecule has 0 bridgehead atoms. The normalized spacial score (nSPS) is 16.5. The molecule has 8 atom stereocenters. The summed E-state index contributed by atoms with van der Waals surface area (Å²) < 4.78 is 0. The van der Waals surface area contributed by atoms with Crippen LogP contribution in [0.3, 0.4) is 0 Å². The minimum atomic E-state index is -1.56. The topological polar surface area (TPSA) is 476 Å². The predicted molar refractivity (Wildman–Crippen MR) is 254 cm³/mol. The molecule has 0 saturated carbocycles. The van der Waals surface area contributed by atoms with Gasteiger partial charge in [0.15, 0.2) is 5.96 Å². The van der Waals surface area contributed by atoms with Crippen molar-refractivity contribution in [3.05, 3.63) is 24.4 Å². The van der Waals surface area contributed by atoms with Crippen LogP contribution in [0.15, 0.2) is 29.4 Å². The number of likely N-dealkylation sites (tertiary alicyclic amines) is 1. The number of hydrogen-bond donors (Lipinski definition) is 16. The molecule has 0 aliphatic carbocycles. The third-order valence-electron chi connectivity index (χ3n) is 10.7. The molecule has 3 unspecified atom stereocenters. The molecular weight excluding hydrogens is 905 g/mol. The SMILES string of the molecule is C=CCC(NC(=O)[C@@H]1CCCN1C(=O)[C@@H](CCCN)NC(=O)CNC(=O)C(C)NC(=O)[C@@H](NC(=O)C(N)CCCCN)[C@@H](O)CN)C(=O)N[C@@H](CCCCN)C(=O)N/C(=C\CCN=C(N)N)C(=O)O. The van der Waals surface area contributed by atoms with Crippen LogP contribution in [0.5, 0.6) is 0 Å². The maximum Gasteiger partial charge on any atom is 0.352 e. The first-order chi connectivity index (χ1) is 32.8. The van der Waals surface area contributed by atoms with E-state index in [2.05, 4.69) is 48.8 Å². The van der Waals surface area contributed by atoms with E-state index in [-0.39, 0.29) is 77.1 Å². The lowest BCUT2D eigenvalue weighted by molar-refractivity contribution is -0.142. The number of carbonyl (C=O) groups excluding carboxylic acids is 8. The molecule has 1 fully saturated rings. The van der Waals surface area contributed by atoms with Gasteiger partial charge in [-0.25, -0.2) is 4.79 Å². The number of rotatable bonds is 34. The molecular formula is C42H76N16O11. The minimum absolute atomic E-state index is 0.0504. The van der Waals surface area contributed by atoms with Crippen molar-refractivity contribution in [2.75, 3.05) is 45.8 Å². The Balaban J connectivity index is 3.07. The smallest absolute Gasteiger partial charge is 0.352 e. The second-order valence-electron chi connectivity index (χ2n) is 16.3. The summed E-state index contributed by atoms with van der Waals surface area (Å²) in [5.41, 5.74) is 38.4. The number of carboxylic acids is 1. The molecule has 1 aliphatic heterocycles. The molecule has 27 heteroatoms. The lowest BCUT2D eigenvalue weighted by Gasteiger charge is -2.30. The Morgan fingerprint density at radius 1 is 0.768 bits per heavy atom. The van der Waals surface area contributed by atoms with Gasteiger partial charge in [-0.05, 0) is 97.2 Å². The van der Waals surface area contributed by atoms with E-state index in [1.54, 1.807) is 0 Å². The Bertz CT molecular complexity index is 1800. The number of amides is 8. The number of carbonyl (C=O) groups is 9. The second-order valence-corrected chi connectivity index (χ2v) is 16.3. The quantitative estimate of drug-likeness (QED) is 0.00937. The predicted octanol–water partition coefficient (Wildman–Crippen LogP) is -6.49. The van der Waals surface area contributed by atoms with Crippen LogP contribution in [0.25, 0.3) is 0 Å². The molecule has 0 aromatic heterocycles. The molecule has 1 heterocycles. The molecule has 0 spiro atoms. The molecule has 1 saturated heterocycles. The second kappa shape index (κ2) is 33.3. The Morgan fingerprint density at radius 3 is 2.00 bits per heavy atom. The van der Waals surface area contributed by atoms with Crippen LogP contribution in [0, 0.1) is 0 Å². The van der Waals surface area contributed by atoms with Gasteiger partial charge in [-0.15, -0.1) is 6.58 Å². The highest BCUT2D eigenvalue weighted by atomic mass is 16.4. The van der Waals surface area contributed by atoms with Crippen molar-refractivity contribution in [3.8, 4) is 0 Å². The maximum absolute atomic E-state index is 14.0. The number of nitrogens with zero attached hydrogens (tertiary/aromatic N) is 2. The molecule has 69 heavy (non-hydrogen) atoms. The number of aliphatic imine (C=N–C) groups is 1. The van der Waals surface area contributed by atoms with Crippen LogP contribution in [0.2, 0.25) is 0 Å². The summed E-state index contributed by atoms with van der Waals surface area (Å²) in [5, 5.41) is 37.2. The molecule has 390 valence electrons. The molecule has 0 radical (unpaired) electrons. The first kappa shape index (κ1) is 60.8. The van der Waals surface area contributed by atoms with Crippen molar-refractivity contribution < 1.29 is 53.4 Å². The summed E-state index contributed by atoms with van der Waals surface area (Å²) in [6.07, 6.45) is 4.34. The van der Waals surface area contributed by atoms with Crippen molar-refractivity contribution in [3.63, 3.8) is 0 Å². The minimum Gasteiger partial charge on any atom is -0.477 e. The van der Waals surface area contributed by atoms with E-state index < -0.39 is 120 Å². The highest BCUT2D eigenvalue weighted by molar-refractivity contribution is 5.99. The zero-order valence-corrected chi connectivity index (χ0v) is 39.4. The Hall–Kier alpha value is -6.26. The van der Waals surface area contributed by atoms with Crippen LogP contribution in [0.4, 0.5) is 0 Å². The summed E-state index contributed by atoms with van der Waals surface area (Å²) in [5.74, 6) is -7.92. The van der Waals surface area contributed by atoms with E-state index in [1.165, 1.54) is 24.0 Å². The van der Waals surface area contributed by atoms with Gasteiger partial charge < -0.3 is 92.5 Å². The summed E-state index contributed by atoms with van der Waals surface area (Å²) in [7, 11) is 0. The average Bonchev–Trinajstić information content (AvgIpc) is 3.81. The maximum atomic E-state index is 14.0. The molecule has 23 N–H and O–H groups in total. The number of nitrogens with one attached hydrogen (secondary N) is 7. The molecule has 0 aromatic rings. The van der Waals surface area contributed by atoms with E-state index >= 15 is 0 Å². The van der Waals surface area contributed by atoms with Gasteiger partial charge in [0.2, 0.25) is 47.3 Å². The fourth-order valence-electron chi connectivity index (χ4n) is 6.90. The molecule has 27 nitrogen and oxygen atoms in total. The van der Waals surface area contributed by atoms with Crippen LogP contribution in [0.1, 0.15) is 84.0 Å². The summed E-state index contributed by atoms with van der Waals surface area (Å²) in [6, 6.07) is -8.63. The van der Waals surface area contributed by atoms with Gasteiger partial charge in [0.05, 0.1) is 18.7 Å². The number of aliphatic hydroxyl groups excluding tert-OH is 1. The zero-order chi connectivity index (χ0) is 52.1. The van der Waals surface area contributed by atoms with Gasteiger partial charge in [0.1, 0.15) is 41.9 Å². The third kappa shape index (κ3) is 22.6. The molecule has 8 amide bonds. The standard InChI is InChI=1S/C42H76N16O11/c1-3-11-26(36(63)54-27(13-5-7-18-44)37(64)56-29(41(68)69)15-9-20-50-42(48)49)55-38(65)30-16-10-21-58(30)40(67)28(14-8-19-45)53-32(60)23-51-34(61)24(2)52-39(66)33(31(59)22-46)57-35(62)25(47)12-4-6-17-43/h3,15,24-28,30-31,33,59H,1,4-14,16-23,43-47H2,2H3,(H,51,61)(H,52,66)(H,53,60)(H,54,63)(H,55,65)(H,56,64)(H,57,62)(H,68,69)(H4,48,49,50)/b29-15-/t24?,25?,26?,27-,28+,30-,31-,33-/m0/s1. The van der Waals surface area contributed by atoms with Crippen LogP contribution >= 0.6 is 0 Å². The summed E-state index contributed by atoms with van der Waals surface area (Å²) >= 11 is 0. The largest absolute Gasteiger partial charge is 0.477 e. The highest BCUT2D eigenvalue weighted by Crippen LogP contribution is 2.20. The van der Waals surface area contributed by atoms with Gasteiger partial charge in [0.25, 0.3) is 0 Å². The van der Waals surface area contributed by atoms with E-state index in [9.17, 15) is 53.4 Å². The van der Waals surface area contributed by atoms with Crippen LogP contribution in [-0.2, 0) is 43.2 Å². The van der Waals surface area contributed by atoms with Crippen molar-refractivity contribution >= 4 is 59.2 Å². The van der Waals surface area contributed by atoms with Crippen molar-refractivity contribution in [2.24, 2.45) is 45.1 Å². The number of carboxylic acid groups (broad SMARTS) is 1. The Labute approximate surface area is 401 Å². The van der Waals surface area contributed by atoms with E-state index in [1.807, 2.05) is 0 Å². The number of aliphatic carboxylic acids is 1. The summed E-state index contributed by atoms with van der Waals surface area (Å²) in [6.45, 7) is 4.91. The van der Waals surface area contributed by atoms with E-state index in [0.29, 0.717) is 38.6 Å². The molecule has 0 aromatic carbocycles. The lowest BCUT2D eigenvalue weighted by atomic mass is 10.1. The number of nitrogens with two attached hydrogens (primary N) is 7. The van der Waals surface area contributed by atoms with Gasteiger partial charge >= 0.3 is 5.97 Å². The average molecular weight is 981 g/mol. The lowest BCUT2D eigenvalue weighted by Crippen LogP contribution is -2.60. The Kier molecular flexibility index (Phi) is 29.3. The van der Waals surface area contributed by atoms with Gasteiger partial charge in [-0.1, -0.05) is 18.6 Å². The summed E-state index contributed by atoms with van der Waals surface area (Å²) in [4.78, 5) is 124. The monoisotopic (exact) mass is 981 g/mol. The number of guanidine groups is 1. The van der Waals surface area contributed by atoms with Crippen molar-refractivity contribution in [1.82, 2.24) is 42.1 Å². The fourth-order valence-corrected chi connectivity index (χ4v) is 6.90. The van der Waals surface area contributed by atoms with Crippen molar-refractivity contribution in [2.45, 2.75) is 132 Å². The number of aliphatic hydroxyl groups is 1. The van der Waals surface area contributed by atoms with Gasteiger partial charge in [0, 0.05) is 19.6 Å². The Morgan fingerprint density at radius 2 is 1.41 bits per heavy atom. The molecule has 1 aliphatic rings. The number of hydrogen-bond acceptors (Lipinski definition) is 16. The first-order valence-corrected chi connectivity index (χ1v) is 23.0. The third-order valence-corrected chi connectivity index (χ3v) is 10.7. The highest BCUT2D eigenvalue weighted by Gasteiger charge is 2.39. The van der Waals surface area contributed by atoms with E-state index in [0.717, 1.165) is 0 Å². The van der Waals surface area contributed by atoms with Crippen LogP contribution < -0.4 is 77.4 Å². The van der Waals surface area contributed by atoms with Crippen LogP contribution in [-0.4, -0.2) is 169 Å². The van der Waals surface area contributed by atoms with E-state index in [4.69, 9.17) is 40.1 Å². The fraction of sp³-hybridized carbons (Fsp3) is 0.667. The van der Waals surface area contributed by atoms with Crippen molar-refractivity contribution in [1.29, 1.82) is 0 Å². The van der Waals surface area contributed by atoms with Gasteiger partial charge in [-0.2, -0.15) is 0 Å². The molecule has 1 rings (SSSR count). The zero-order valence-electron chi connectivity index (χ0n) is 39.4.